The third-order valence-corrected chi connectivity index (χ3v) is 3.73. The van der Waals surface area contributed by atoms with Gasteiger partial charge < -0.3 is 10.4 Å². The molecule has 0 aliphatic heterocycles. The first kappa shape index (κ1) is 17.1. The van der Waals surface area contributed by atoms with Gasteiger partial charge in [-0.3, -0.25) is 4.79 Å². The Hall–Kier alpha value is -2.77. The highest BCUT2D eigenvalue weighted by molar-refractivity contribution is 6.30. The largest absolute Gasteiger partial charge is 0.390 e. The summed E-state index contributed by atoms with van der Waals surface area (Å²) in [5, 5.41) is 20.7. The summed E-state index contributed by atoms with van der Waals surface area (Å²) in [5.41, 5.74) is 0.954. The first-order valence-corrected chi connectivity index (χ1v) is 7.81. The predicted molar refractivity (Wildman–Crippen MR) is 89.9 cm³/mol. The van der Waals surface area contributed by atoms with Gasteiger partial charge in [0.2, 0.25) is 0 Å². The molecule has 0 saturated carbocycles. The molecule has 128 valence electrons. The van der Waals surface area contributed by atoms with Crippen LogP contribution in [0.4, 0.5) is 4.39 Å². The van der Waals surface area contributed by atoms with Gasteiger partial charge in [-0.05, 0) is 29.8 Å². The highest BCUT2D eigenvalue weighted by Crippen LogP contribution is 2.13. The Morgan fingerprint density at radius 1 is 1.16 bits per heavy atom. The fraction of sp³-hybridized carbons (Fsp3) is 0.118. The van der Waals surface area contributed by atoms with Gasteiger partial charge in [0.1, 0.15) is 11.4 Å². The van der Waals surface area contributed by atoms with E-state index in [-0.39, 0.29) is 23.6 Å². The minimum atomic E-state index is -0.532. The molecule has 6 nitrogen and oxygen atoms in total. The van der Waals surface area contributed by atoms with E-state index >= 15 is 0 Å². The van der Waals surface area contributed by atoms with Crippen molar-refractivity contribution in [3.05, 3.63) is 76.3 Å². The van der Waals surface area contributed by atoms with Crippen LogP contribution in [0.2, 0.25) is 5.02 Å². The maximum absolute atomic E-state index is 13.8. The molecule has 0 atom stereocenters. The van der Waals surface area contributed by atoms with E-state index in [0.29, 0.717) is 5.02 Å². The van der Waals surface area contributed by atoms with Crippen molar-refractivity contribution in [2.75, 3.05) is 0 Å². The number of rotatable bonds is 5. The lowest BCUT2D eigenvalue weighted by Gasteiger charge is -2.04. The van der Waals surface area contributed by atoms with Crippen molar-refractivity contribution in [3.8, 4) is 5.69 Å². The molecule has 0 spiro atoms. The summed E-state index contributed by atoms with van der Waals surface area (Å²) in [7, 11) is 0. The zero-order chi connectivity index (χ0) is 17.8. The molecule has 0 fully saturated rings. The summed E-state index contributed by atoms with van der Waals surface area (Å²) in [5.74, 6) is -1.04. The number of hydrogen-bond donors (Lipinski definition) is 2. The molecule has 8 heteroatoms. The van der Waals surface area contributed by atoms with E-state index in [2.05, 4.69) is 15.5 Å². The van der Waals surface area contributed by atoms with Crippen LogP contribution in [0.1, 0.15) is 21.7 Å². The third-order valence-electron chi connectivity index (χ3n) is 3.48. The molecular weight excluding hydrogens is 347 g/mol. The Morgan fingerprint density at radius 3 is 2.56 bits per heavy atom. The lowest BCUT2D eigenvalue weighted by Crippen LogP contribution is -2.24. The molecule has 0 aliphatic carbocycles. The summed E-state index contributed by atoms with van der Waals surface area (Å²) in [6.45, 7) is -0.231. The average Bonchev–Trinajstić information content (AvgIpc) is 3.05. The number of aliphatic hydroxyl groups excluding tert-OH is 1. The Morgan fingerprint density at radius 2 is 1.88 bits per heavy atom. The second-order valence-corrected chi connectivity index (χ2v) is 5.64. The van der Waals surface area contributed by atoms with Gasteiger partial charge in [-0.15, -0.1) is 15.0 Å². The van der Waals surface area contributed by atoms with Gasteiger partial charge in [0.25, 0.3) is 5.91 Å². The zero-order valence-electron chi connectivity index (χ0n) is 13.0. The van der Waals surface area contributed by atoms with Gasteiger partial charge in [0.05, 0.1) is 6.61 Å². The number of para-hydroxylation sites is 1. The lowest BCUT2D eigenvalue weighted by molar-refractivity contribution is 0.0942. The fourth-order valence-electron chi connectivity index (χ4n) is 2.21. The van der Waals surface area contributed by atoms with E-state index in [1.165, 1.54) is 18.2 Å². The molecule has 2 aromatic carbocycles. The molecule has 3 aromatic rings. The van der Waals surface area contributed by atoms with E-state index in [1.54, 1.807) is 30.3 Å². The predicted octanol–water partition coefficient (Wildman–Crippen LogP) is 2.48. The number of aromatic nitrogens is 3. The minimum Gasteiger partial charge on any atom is -0.390 e. The van der Waals surface area contributed by atoms with Crippen LogP contribution in [0.3, 0.4) is 0 Å². The standard InChI is InChI=1S/C17H14ClFN4O2/c18-12-7-5-11(6-8-12)9-20-17(25)16-14(10-24)21-23(22-16)15-4-2-1-3-13(15)19/h1-8,24H,9-10H2,(H,20,25). The molecule has 25 heavy (non-hydrogen) atoms. The van der Waals surface area contributed by atoms with Crippen molar-refractivity contribution >= 4 is 17.5 Å². The highest BCUT2D eigenvalue weighted by Gasteiger charge is 2.19. The summed E-state index contributed by atoms with van der Waals surface area (Å²) in [6.07, 6.45) is 0. The second kappa shape index (κ2) is 7.42. The van der Waals surface area contributed by atoms with Gasteiger partial charge >= 0.3 is 0 Å². The quantitative estimate of drug-likeness (QED) is 0.732. The van der Waals surface area contributed by atoms with Crippen LogP contribution in [-0.2, 0) is 13.2 Å². The molecule has 2 N–H and O–H groups in total. The topological polar surface area (TPSA) is 80.0 Å². The first-order valence-electron chi connectivity index (χ1n) is 7.43. The van der Waals surface area contributed by atoms with Crippen molar-refractivity contribution < 1.29 is 14.3 Å². The number of halogens is 2. The molecule has 0 bridgehead atoms. The average molecular weight is 361 g/mol. The van der Waals surface area contributed by atoms with Gasteiger partial charge in [0, 0.05) is 11.6 Å². The maximum Gasteiger partial charge on any atom is 0.274 e. The second-order valence-electron chi connectivity index (χ2n) is 5.20. The molecule has 1 aromatic heterocycles. The number of benzene rings is 2. The number of nitrogens with zero attached hydrogens (tertiary/aromatic N) is 3. The van der Waals surface area contributed by atoms with Gasteiger partial charge in [-0.1, -0.05) is 35.9 Å². The number of carbonyl (C=O) groups is 1. The fourth-order valence-corrected chi connectivity index (χ4v) is 2.34. The summed E-state index contributed by atoms with van der Waals surface area (Å²) >= 11 is 5.82. The van der Waals surface area contributed by atoms with Crippen LogP contribution in [0.5, 0.6) is 0 Å². The van der Waals surface area contributed by atoms with E-state index in [9.17, 15) is 14.3 Å². The molecule has 1 heterocycles. The molecular formula is C17H14ClFN4O2. The Bertz CT molecular complexity index is 896. The van der Waals surface area contributed by atoms with Gasteiger partial charge in [0.15, 0.2) is 11.5 Å². The Balaban J connectivity index is 1.80. The van der Waals surface area contributed by atoms with Crippen molar-refractivity contribution in [3.63, 3.8) is 0 Å². The van der Waals surface area contributed by atoms with Crippen molar-refractivity contribution in [2.24, 2.45) is 0 Å². The summed E-state index contributed by atoms with van der Waals surface area (Å²) < 4.78 is 13.8. The number of nitrogens with one attached hydrogen (secondary N) is 1. The third kappa shape index (κ3) is 3.84. The molecule has 0 saturated heterocycles. The molecule has 0 radical (unpaired) electrons. The van der Waals surface area contributed by atoms with E-state index in [0.717, 1.165) is 10.4 Å². The Labute approximate surface area is 147 Å². The number of amides is 1. The lowest BCUT2D eigenvalue weighted by atomic mass is 10.2. The monoisotopic (exact) mass is 360 g/mol. The molecule has 0 aliphatic rings. The van der Waals surface area contributed by atoms with E-state index in [1.807, 2.05) is 0 Å². The van der Waals surface area contributed by atoms with Crippen LogP contribution >= 0.6 is 11.6 Å². The SMILES string of the molecule is O=C(NCc1ccc(Cl)cc1)c1nn(-c2ccccc2F)nc1CO. The number of hydrogen-bond acceptors (Lipinski definition) is 4. The van der Waals surface area contributed by atoms with Crippen LogP contribution in [0.25, 0.3) is 5.69 Å². The molecule has 0 unspecified atom stereocenters. The van der Waals surface area contributed by atoms with Crippen LogP contribution < -0.4 is 5.32 Å². The highest BCUT2D eigenvalue weighted by atomic mass is 35.5. The van der Waals surface area contributed by atoms with Crippen molar-refractivity contribution in [1.29, 1.82) is 0 Å². The number of carbonyl (C=O) groups excluding carboxylic acids is 1. The summed E-state index contributed by atoms with van der Waals surface area (Å²) in [6, 6.07) is 12.9. The van der Waals surface area contributed by atoms with E-state index < -0.39 is 18.3 Å². The zero-order valence-corrected chi connectivity index (χ0v) is 13.7. The molecule has 3 rings (SSSR count). The maximum atomic E-state index is 13.8. The van der Waals surface area contributed by atoms with E-state index in [4.69, 9.17) is 11.6 Å². The Kier molecular flexibility index (Phi) is 5.06. The normalized spacial score (nSPS) is 10.7. The number of aliphatic hydroxyl groups is 1. The van der Waals surface area contributed by atoms with Crippen LogP contribution in [0.15, 0.2) is 48.5 Å². The molecule has 1 amide bonds. The smallest absolute Gasteiger partial charge is 0.274 e. The van der Waals surface area contributed by atoms with Crippen LogP contribution in [0, 0.1) is 5.82 Å². The first-order chi connectivity index (χ1) is 12.1. The van der Waals surface area contributed by atoms with Crippen molar-refractivity contribution in [2.45, 2.75) is 13.2 Å². The van der Waals surface area contributed by atoms with Gasteiger partial charge in [-0.25, -0.2) is 4.39 Å². The minimum absolute atomic E-state index is 0.0558. The van der Waals surface area contributed by atoms with Gasteiger partial charge in [-0.2, -0.15) is 0 Å². The van der Waals surface area contributed by atoms with Crippen LogP contribution in [-0.4, -0.2) is 26.0 Å². The van der Waals surface area contributed by atoms with Crippen molar-refractivity contribution in [1.82, 2.24) is 20.3 Å². The summed E-state index contributed by atoms with van der Waals surface area (Å²) in [4.78, 5) is 13.3.